The van der Waals surface area contributed by atoms with Crippen molar-refractivity contribution in [2.45, 2.75) is 12.5 Å². The highest BCUT2D eigenvalue weighted by molar-refractivity contribution is 7.86. The minimum atomic E-state index is -3.57. The molecule has 0 amide bonds. The third-order valence-electron chi connectivity index (χ3n) is 1.91. The van der Waals surface area contributed by atoms with Crippen LogP contribution in [0.2, 0.25) is 0 Å². The second-order valence-corrected chi connectivity index (χ2v) is 4.45. The lowest BCUT2D eigenvalue weighted by atomic mass is 10.3. The predicted octanol–water partition coefficient (Wildman–Crippen LogP) is -1.73. The van der Waals surface area contributed by atoms with Crippen molar-refractivity contribution in [2.24, 2.45) is 5.14 Å². The highest BCUT2D eigenvalue weighted by Gasteiger charge is 2.29. The standard InChI is InChI=1S/C6H14N2O4S/c7-13(10,11)8-2-1-6(5-8)12-4-3-9/h6,9H,1-5H2,(H2,7,10,11). The molecule has 0 aliphatic carbocycles. The van der Waals surface area contributed by atoms with Crippen LogP contribution in [-0.2, 0) is 14.9 Å². The van der Waals surface area contributed by atoms with Crippen molar-refractivity contribution < 1.29 is 18.3 Å². The first-order valence-electron chi connectivity index (χ1n) is 4.04. The van der Waals surface area contributed by atoms with E-state index >= 15 is 0 Å². The average molecular weight is 210 g/mol. The van der Waals surface area contributed by atoms with Gasteiger partial charge in [-0.2, -0.15) is 12.7 Å². The van der Waals surface area contributed by atoms with Gasteiger partial charge in [0.1, 0.15) is 0 Å². The average Bonchev–Trinajstić information content (AvgIpc) is 2.47. The number of hydrogen-bond acceptors (Lipinski definition) is 4. The Balaban J connectivity index is 2.37. The molecule has 0 aromatic carbocycles. The SMILES string of the molecule is NS(=O)(=O)N1CCC(OCCO)C1. The number of aliphatic hydroxyl groups is 1. The van der Waals surface area contributed by atoms with Crippen molar-refractivity contribution in [2.75, 3.05) is 26.3 Å². The Morgan fingerprint density at radius 1 is 1.62 bits per heavy atom. The van der Waals surface area contributed by atoms with E-state index in [4.69, 9.17) is 15.0 Å². The summed E-state index contributed by atoms with van der Waals surface area (Å²) in [6.45, 7) is 0.878. The van der Waals surface area contributed by atoms with Crippen LogP contribution in [-0.4, -0.2) is 50.2 Å². The van der Waals surface area contributed by atoms with Crippen molar-refractivity contribution in [1.82, 2.24) is 4.31 Å². The minimum Gasteiger partial charge on any atom is -0.394 e. The first-order chi connectivity index (χ1) is 6.04. The van der Waals surface area contributed by atoms with Gasteiger partial charge in [0.2, 0.25) is 0 Å². The summed E-state index contributed by atoms with van der Waals surface area (Å²) in [5.41, 5.74) is 0. The summed E-state index contributed by atoms with van der Waals surface area (Å²) in [5.74, 6) is 0. The number of aliphatic hydroxyl groups excluding tert-OH is 1. The van der Waals surface area contributed by atoms with E-state index in [1.165, 1.54) is 4.31 Å². The fourth-order valence-corrected chi connectivity index (χ4v) is 2.02. The second-order valence-electron chi connectivity index (χ2n) is 2.91. The summed E-state index contributed by atoms with van der Waals surface area (Å²) >= 11 is 0. The van der Waals surface area contributed by atoms with E-state index in [0.717, 1.165) is 0 Å². The van der Waals surface area contributed by atoms with Crippen molar-refractivity contribution >= 4 is 10.2 Å². The molecule has 3 N–H and O–H groups in total. The number of nitrogens with zero attached hydrogens (tertiary/aromatic N) is 1. The van der Waals surface area contributed by atoms with Gasteiger partial charge in [0.15, 0.2) is 0 Å². The first-order valence-corrected chi connectivity index (χ1v) is 5.54. The van der Waals surface area contributed by atoms with Crippen LogP contribution in [0, 0.1) is 0 Å². The van der Waals surface area contributed by atoms with Crippen LogP contribution in [0.1, 0.15) is 6.42 Å². The van der Waals surface area contributed by atoms with Gasteiger partial charge >= 0.3 is 0 Å². The maximum atomic E-state index is 10.9. The Kier molecular flexibility index (Phi) is 3.63. The van der Waals surface area contributed by atoms with E-state index in [9.17, 15) is 8.42 Å². The summed E-state index contributed by atoms with van der Waals surface area (Å²) in [5, 5.41) is 13.4. The Hall–Kier alpha value is -0.210. The molecule has 1 saturated heterocycles. The maximum Gasteiger partial charge on any atom is 0.276 e. The molecule has 1 heterocycles. The second kappa shape index (κ2) is 4.34. The van der Waals surface area contributed by atoms with Crippen molar-refractivity contribution in [3.63, 3.8) is 0 Å². The van der Waals surface area contributed by atoms with Gasteiger partial charge in [0.25, 0.3) is 10.2 Å². The van der Waals surface area contributed by atoms with Crippen LogP contribution >= 0.6 is 0 Å². The molecule has 7 heteroatoms. The summed E-state index contributed by atoms with van der Waals surface area (Å²) in [6.07, 6.45) is 0.502. The molecule has 0 aromatic rings. The molecule has 1 rings (SSSR count). The number of nitrogens with two attached hydrogens (primary N) is 1. The predicted molar refractivity (Wildman–Crippen MR) is 46.1 cm³/mol. The number of rotatable bonds is 4. The lowest BCUT2D eigenvalue weighted by Crippen LogP contribution is -2.35. The Bertz CT molecular complexity index is 253. The topological polar surface area (TPSA) is 92.9 Å². The van der Waals surface area contributed by atoms with Gasteiger partial charge in [-0.1, -0.05) is 0 Å². The first kappa shape index (κ1) is 10.9. The molecule has 0 radical (unpaired) electrons. The third-order valence-corrected chi connectivity index (χ3v) is 2.96. The number of ether oxygens (including phenoxy) is 1. The maximum absolute atomic E-state index is 10.9. The van der Waals surface area contributed by atoms with Gasteiger partial charge in [-0.3, -0.25) is 0 Å². The summed E-state index contributed by atoms with van der Waals surface area (Å²) in [7, 11) is -3.57. The third kappa shape index (κ3) is 3.20. The lowest BCUT2D eigenvalue weighted by Gasteiger charge is -2.12. The van der Waals surface area contributed by atoms with Gasteiger partial charge in [-0.25, -0.2) is 5.14 Å². The molecule has 0 aromatic heterocycles. The summed E-state index contributed by atoms with van der Waals surface area (Å²) < 4.78 is 28.0. The van der Waals surface area contributed by atoms with Gasteiger partial charge in [0, 0.05) is 13.1 Å². The fourth-order valence-electron chi connectivity index (χ4n) is 1.28. The lowest BCUT2D eigenvalue weighted by molar-refractivity contribution is 0.0375. The van der Waals surface area contributed by atoms with E-state index in [1.807, 2.05) is 0 Å². The van der Waals surface area contributed by atoms with Crippen molar-refractivity contribution in [3.8, 4) is 0 Å². The van der Waals surface area contributed by atoms with Gasteiger partial charge in [0.05, 0.1) is 19.3 Å². The van der Waals surface area contributed by atoms with E-state index in [1.54, 1.807) is 0 Å². The normalized spacial score (nSPS) is 25.2. The fraction of sp³-hybridized carbons (Fsp3) is 1.00. The molecule has 1 unspecified atom stereocenters. The van der Waals surface area contributed by atoms with E-state index in [-0.39, 0.29) is 19.3 Å². The summed E-state index contributed by atoms with van der Waals surface area (Å²) in [6, 6.07) is 0. The van der Waals surface area contributed by atoms with Gasteiger partial charge < -0.3 is 9.84 Å². The molecular weight excluding hydrogens is 196 g/mol. The molecule has 1 aliphatic rings. The van der Waals surface area contributed by atoms with E-state index in [0.29, 0.717) is 19.5 Å². The van der Waals surface area contributed by atoms with Crippen LogP contribution in [0.3, 0.4) is 0 Å². The van der Waals surface area contributed by atoms with Crippen LogP contribution in [0.5, 0.6) is 0 Å². The molecule has 1 fully saturated rings. The van der Waals surface area contributed by atoms with E-state index < -0.39 is 10.2 Å². The largest absolute Gasteiger partial charge is 0.394 e. The smallest absolute Gasteiger partial charge is 0.276 e. The minimum absolute atomic E-state index is 0.0497. The zero-order chi connectivity index (χ0) is 9.90. The van der Waals surface area contributed by atoms with Gasteiger partial charge in [-0.05, 0) is 6.42 Å². The monoisotopic (exact) mass is 210 g/mol. The molecule has 13 heavy (non-hydrogen) atoms. The highest BCUT2D eigenvalue weighted by Crippen LogP contribution is 2.13. The molecule has 0 bridgehead atoms. The van der Waals surface area contributed by atoms with Crippen molar-refractivity contribution in [1.29, 1.82) is 0 Å². The molecule has 0 saturated carbocycles. The Labute approximate surface area is 77.5 Å². The Morgan fingerprint density at radius 2 is 2.31 bits per heavy atom. The molecule has 6 nitrogen and oxygen atoms in total. The quantitative estimate of drug-likeness (QED) is 0.577. The zero-order valence-electron chi connectivity index (χ0n) is 7.22. The zero-order valence-corrected chi connectivity index (χ0v) is 8.03. The van der Waals surface area contributed by atoms with Gasteiger partial charge in [-0.15, -0.1) is 0 Å². The molecular formula is C6H14N2O4S. The van der Waals surface area contributed by atoms with Crippen LogP contribution in [0.25, 0.3) is 0 Å². The highest BCUT2D eigenvalue weighted by atomic mass is 32.2. The Morgan fingerprint density at radius 3 is 2.77 bits per heavy atom. The van der Waals surface area contributed by atoms with Crippen LogP contribution in [0.15, 0.2) is 0 Å². The molecule has 1 atom stereocenters. The van der Waals surface area contributed by atoms with Crippen LogP contribution in [0.4, 0.5) is 0 Å². The molecule has 78 valence electrons. The molecule has 1 aliphatic heterocycles. The number of hydrogen-bond donors (Lipinski definition) is 2. The summed E-state index contributed by atoms with van der Waals surface area (Å²) in [4.78, 5) is 0. The molecule has 0 spiro atoms. The van der Waals surface area contributed by atoms with E-state index in [2.05, 4.69) is 0 Å². The van der Waals surface area contributed by atoms with Crippen LogP contribution < -0.4 is 5.14 Å². The van der Waals surface area contributed by atoms with Crippen molar-refractivity contribution in [3.05, 3.63) is 0 Å².